The van der Waals surface area contributed by atoms with Gasteiger partial charge in [-0.1, -0.05) is 26.2 Å². The maximum absolute atomic E-state index is 9.54. The first-order chi connectivity index (χ1) is 7.41. The zero-order valence-corrected chi connectivity index (χ0v) is 11.2. The fourth-order valence-corrected chi connectivity index (χ4v) is 2.40. The summed E-state index contributed by atoms with van der Waals surface area (Å²) in [5, 5.41) is 9.54. The van der Waals surface area contributed by atoms with Crippen LogP contribution in [0.4, 0.5) is 0 Å². The summed E-state index contributed by atoms with van der Waals surface area (Å²) in [4.78, 5) is 0. The minimum absolute atomic E-state index is 0.521. The van der Waals surface area contributed by atoms with Gasteiger partial charge in [0.2, 0.25) is 0 Å². The van der Waals surface area contributed by atoms with Gasteiger partial charge in [0.1, 0.15) is 0 Å². The molecule has 2 heteroatoms. The van der Waals surface area contributed by atoms with Gasteiger partial charge in [0.05, 0.1) is 5.60 Å². The van der Waals surface area contributed by atoms with E-state index in [0.717, 1.165) is 13.0 Å². The van der Waals surface area contributed by atoms with E-state index in [9.17, 15) is 5.11 Å². The summed E-state index contributed by atoms with van der Waals surface area (Å²) in [5.74, 6) is 0. The van der Waals surface area contributed by atoms with Gasteiger partial charge in [0.15, 0.2) is 0 Å². The molecule has 2 nitrogen and oxygen atoms in total. The van der Waals surface area contributed by atoms with Crippen molar-refractivity contribution in [3.05, 3.63) is 0 Å². The van der Waals surface area contributed by atoms with Crippen LogP contribution in [0.5, 0.6) is 0 Å². The third kappa shape index (κ3) is 5.86. The topological polar surface area (TPSA) is 29.5 Å². The van der Waals surface area contributed by atoms with Crippen LogP contribution in [0.15, 0.2) is 0 Å². The molecule has 0 saturated heterocycles. The Morgan fingerprint density at radius 3 is 2.31 bits per heavy atom. The zero-order valence-electron chi connectivity index (χ0n) is 11.2. The first-order valence-corrected chi connectivity index (χ1v) is 6.72. The molecule has 96 valence electrons. The maximum atomic E-state index is 9.54. The molecule has 0 unspecified atom stereocenters. The van der Waals surface area contributed by atoms with E-state index in [-0.39, 0.29) is 0 Å². The Labute approximate surface area is 100 Å². The molecule has 1 fully saturated rings. The van der Waals surface area contributed by atoms with Crippen molar-refractivity contribution in [2.45, 2.75) is 71.3 Å². The Morgan fingerprint density at radius 2 is 1.75 bits per heavy atom. The quantitative estimate of drug-likeness (QED) is 0.705. The van der Waals surface area contributed by atoms with Gasteiger partial charge < -0.3 is 9.84 Å². The van der Waals surface area contributed by atoms with Crippen molar-refractivity contribution in [3.8, 4) is 0 Å². The third-order valence-electron chi connectivity index (χ3n) is 3.77. The summed E-state index contributed by atoms with van der Waals surface area (Å²) >= 11 is 0. The molecule has 1 rings (SSSR count). The lowest BCUT2D eigenvalue weighted by Crippen LogP contribution is -2.24. The third-order valence-corrected chi connectivity index (χ3v) is 3.77. The molecule has 1 saturated carbocycles. The predicted octanol–water partition coefficient (Wildman–Crippen LogP) is 3.52. The minimum Gasteiger partial charge on any atom is -0.390 e. The molecule has 0 aromatic rings. The fraction of sp³-hybridized carbons (Fsp3) is 1.00. The predicted molar refractivity (Wildman–Crippen MR) is 67.5 cm³/mol. The Kier molecular flexibility index (Phi) is 5.26. The van der Waals surface area contributed by atoms with Crippen molar-refractivity contribution in [2.75, 3.05) is 13.2 Å². The summed E-state index contributed by atoms with van der Waals surface area (Å²) < 4.78 is 5.62. The van der Waals surface area contributed by atoms with Gasteiger partial charge in [0, 0.05) is 13.2 Å². The van der Waals surface area contributed by atoms with E-state index < -0.39 is 5.60 Å². The van der Waals surface area contributed by atoms with Crippen molar-refractivity contribution in [1.82, 2.24) is 0 Å². The standard InChI is InChI=1S/C14H28O2/c1-13(2,15)9-11-16-12-10-14(3)7-5-4-6-8-14/h15H,4-12H2,1-3H3. The van der Waals surface area contributed by atoms with Crippen LogP contribution in [-0.4, -0.2) is 23.9 Å². The van der Waals surface area contributed by atoms with E-state index in [2.05, 4.69) is 6.92 Å². The van der Waals surface area contributed by atoms with Crippen molar-refractivity contribution >= 4 is 0 Å². The molecule has 0 heterocycles. The van der Waals surface area contributed by atoms with E-state index in [1.165, 1.54) is 38.5 Å². The van der Waals surface area contributed by atoms with Gasteiger partial charge in [-0.2, -0.15) is 0 Å². The highest BCUT2D eigenvalue weighted by Crippen LogP contribution is 2.38. The van der Waals surface area contributed by atoms with Crippen molar-refractivity contribution in [3.63, 3.8) is 0 Å². The van der Waals surface area contributed by atoms with Gasteiger partial charge >= 0.3 is 0 Å². The maximum Gasteiger partial charge on any atom is 0.0613 e. The highest BCUT2D eigenvalue weighted by molar-refractivity contribution is 4.78. The largest absolute Gasteiger partial charge is 0.390 e. The van der Waals surface area contributed by atoms with Crippen molar-refractivity contribution in [2.24, 2.45) is 5.41 Å². The molecule has 0 bridgehead atoms. The molecule has 0 aliphatic heterocycles. The molecular formula is C14H28O2. The smallest absolute Gasteiger partial charge is 0.0613 e. The highest BCUT2D eigenvalue weighted by atomic mass is 16.5. The SMILES string of the molecule is CC(C)(O)CCOCCC1(C)CCCCC1. The van der Waals surface area contributed by atoms with E-state index in [1.54, 1.807) is 0 Å². The van der Waals surface area contributed by atoms with Crippen LogP contribution >= 0.6 is 0 Å². The van der Waals surface area contributed by atoms with Crippen LogP contribution in [0.25, 0.3) is 0 Å². The summed E-state index contributed by atoms with van der Waals surface area (Å²) in [7, 11) is 0. The molecule has 0 radical (unpaired) electrons. The highest BCUT2D eigenvalue weighted by Gasteiger charge is 2.26. The molecule has 0 aromatic carbocycles. The van der Waals surface area contributed by atoms with Crippen LogP contribution in [0.3, 0.4) is 0 Å². The second-order valence-electron chi connectivity index (χ2n) is 6.30. The van der Waals surface area contributed by atoms with Gasteiger partial charge in [0.25, 0.3) is 0 Å². The molecule has 1 aliphatic carbocycles. The fourth-order valence-electron chi connectivity index (χ4n) is 2.40. The number of aliphatic hydroxyl groups is 1. The molecule has 0 atom stereocenters. The van der Waals surface area contributed by atoms with Gasteiger partial charge in [-0.05, 0) is 44.9 Å². The number of hydrogen-bond acceptors (Lipinski definition) is 2. The molecule has 1 aliphatic rings. The second kappa shape index (κ2) is 6.02. The lowest BCUT2D eigenvalue weighted by molar-refractivity contribution is 0.0185. The summed E-state index contributed by atoms with van der Waals surface area (Å²) in [6, 6.07) is 0. The number of rotatable bonds is 6. The lowest BCUT2D eigenvalue weighted by atomic mass is 9.74. The normalized spacial score (nSPS) is 21.0. The van der Waals surface area contributed by atoms with E-state index >= 15 is 0 Å². The summed E-state index contributed by atoms with van der Waals surface area (Å²) in [5.41, 5.74) is -0.0677. The van der Waals surface area contributed by atoms with E-state index in [0.29, 0.717) is 12.0 Å². The zero-order chi connectivity index (χ0) is 12.1. The molecule has 0 spiro atoms. The van der Waals surface area contributed by atoms with Crippen LogP contribution in [-0.2, 0) is 4.74 Å². The average Bonchev–Trinajstić information content (AvgIpc) is 2.16. The van der Waals surface area contributed by atoms with E-state index in [1.807, 2.05) is 13.8 Å². The minimum atomic E-state index is -0.589. The Balaban J connectivity index is 2.06. The molecule has 16 heavy (non-hydrogen) atoms. The summed E-state index contributed by atoms with van der Waals surface area (Å²) in [6.45, 7) is 7.59. The first kappa shape index (κ1) is 14.0. The Hall–Kier alpha value is -0.0800. The lowest BCUT2D eigenvalue weighted by Gasteiger charge is -2.33. The molecule has 0 aromatic heterocycles. The van der Waals surface area contributed by atoms with Crippen molar-refractivity contribution < 1.29 is 9.84 Å². The number of hydrogen-bond donors (Lipinski definition) is 1. The van der Waals surface area contributed by atoms with Crippen LogP contribution < -0.4 is 0 Å². The van der Waals surface area contributed by atoms with E-state index in [4.69, 9.17) is 4.74 Å². The Morgan fingerprint density at radius 1 is 1.12 bits per heavy atom. The first-order valence-electron chi connectivity index (χ1n) is 6.72. The Bertz CT molecular complexity index is 187. The van der Waals surface area contributed by atoms with Crippen LogP contribution in [0.2, 0.25) is 0 Å². The van der Waals surface area contributed by atoms with Gasteiger partial charge in [-0.25, -0.2) is 0 Å². The van der Waals surface area contributed by atoms with Crippen LogP contribution in [0.1, 0.15) is 65.7 Å². The second-order valence-corrected chi connectivity index (χ2v) is 6.30. The summed E-state index contributed by atoms with van der Waals surface area (Å²) in [6.07, 6.45) is 8.82. The van der Waals surface area contributed by atoms with Gasteiger partial charge in [-0.3, -0.25) is 0 Å². The molecule has 0 amide bonds. The van der Waals surface area contributed by atoms with Crippen LogP contribution in [0, 0.1) is 5.41 Å². The average molecular weight is 228 g/mol. The van der Waals surface area contributed by atoms with Gasteiger partial charge in [-0.15, -0.1) is 0 Å². The number of ether oxygens (including phenoxy) is 1. The molecular weight excluding hydrogens is 200 g/mol. The van der Waals surface area contributed by atoms with Crippen molar-refractivity contribution in [1.29, 1.82) is 0 Å². The molecule has 1 N–H and O–H groups in total. The monoisotopic (exact) mass is 228 g/mol.